The van der Waals surface area contributed by atoms with Gasteiger partial charge in [-0.15, -0.1) is 5.10 Å². The molecule has 1 heterocycles. The summed E-state index contributed by atoms with van der Waals surface area (Å²) in [5.74, 6) is 1.09. The van der Waals surface area contributed by atoms with Crippen molar-refractivity contribution < 1.29 is 0 Å². The van der Waals surface area contributed by atoms with E-state index in [1.54, 1.807) is 4.68 Å². The maximum atomic E-state index is 8.54. The predicted octanol–water partition coefficient (Wildman–Crippen LogP) is -0.290. The van der Waals surface area contributed by atoms with Crippen LogP contribution in [0, 0.1) is 17.2 Å². The third-order valence-electron chi connectivity index (χ3n) is 1.91. The Morgan fingerprint density at radius 1 is 1.71 bits per heavy atom. The van der Waals surface area contributed by atoms with E-state index in [9.17, 15) is 0 Å². The number of nitriles is 1. The molecule has 3 N–H and O–H groups in total. The van der Waals surface area contributed by atoms with E-state index in [-0.39, 0.29) is 5.82 Å². The quantitative estimate of drug-likeness (QED) is 0.539. The molecule has 1 aromatic rings. The predicted molar refractivity (Wildman–Crippen MR) is 64.1 cm³/mol. The highest BCUT2D eigenvalue weighted by Crippen LogP contribution is 1.90. The molecular weight excluding hydrogens is 218 g/mol. The van der Waals surface area contributed by atoms with Crippen molar-refractivity contribution in [3.05, 3.63) is 12.2 Å². The van der Waals surface area contributed by atoms with E-state index in [0.717, 1.165) is 0 Å². The molecule has 7 heteroatoms. The molecule has 0 bridgehead atoms. The molecular formula is C10H17N7. The first kappa shape index (κ1) is 13.0. The molecule has 7 nitrogen and oxygen atoms in total. The number of hydrogen-bond donors (Lipinski definition) is 2. The van der Waals surface area contributed by atoms with Gasteiger partial charge in [-0.2, -0.15) is 5.26 Å². The van der Waals surface area contributed by atoms with Gasteiger partial charge in [-0.3, -0.25) is 4.99 Å². The van der Waals surface area contributed by atoms with E-state index < -0.39 is 0 Å². The standard InChI is InChI=1S/C10H17N7/c1-8(2)6-14-10(12)13-3-4-17-7-15-9(5-11)16-17/h7-8H,3-4,6H2,1-2H3,(H3,12,13,14). The lowest BCUT2D eigenvalue weighted by molar-refractivity contribution is 0.596. The van der Waals surface area contributed by atoms with Crippen molar-refractivity contribution in [2.45, 2.75) is 20.4 Å². The minimum atomic E-state index is 0.173. The largest absolute Gasteiger partial charge is 0.370 e. The van der Waals surface area contributed by atoms with Gasteiger partial charge in [0.25, 0.3) is 5.82 Å². The Bertz CT molecular complexity index is 413. The monoisotopic (exact) mass is 235 g/mol. The molecule has 0 amide bonds. The van der Waals surface area contributed by atoms with Crippen LogP contribution in [0.25, 0.3) is 0 Å². The van der Waals surface area contributed by atoms with Crippen LogP contribution in [0.15, 0.2) is 11.3 Å². The summed E-state index contributed by atoms with van der Waals surface area (Å²) in [6.45, 7) is 6.06. The normalized spacial score (nSPS) is 11.5. The number of nitrogens with one attached hydrogen (secondary N) is 1. The average Bonchev–Trinajstić information content (AvgIpc) is 2.74. The summed E-state index contributed by atoms with van der Waals surface area (Å²) < 4.78 is 1.58. The second kappa shape index (κ2) is 6.48. The van der Waals surface area contributed by atoms with Crippen LogP contribution in [-0.2, 0) is 6.54 Å². The molecule has 0 radical (unpaired) electrons. The van der Waals surface area contributed by atoms with E-state index in [1.165, 1.54) is 6.33 Å². The highest BCUT2D eigenvalue weighted by atomic mass is 15.3. The number of nitrogens with zero attached hydrogens (tertiary/aromatic N) is 5. The van der Waals surface area contributed by atoms with Crippen LogP contribution in [0.1, 0.15) is 19.7 Å². The van der Waals surface area contributed by atoms with Crippen molar-refractivity contribution >= 4 is 5.96 Å². The summed E-state index contributed by atoms with van der Waals surface area (Å²) >= 11 is 0. The summed E-state index contributed by atoms with van der Waals surface area (Å²) in [6, 6.07) is 1.87. The Labute approximate surface area is 100 Å². The van der Waals surface area contributed by atoms with Crippen molar-refractivity contribution in [2.24, 2.45) is 16.6 Å². The fraction of sp³-hybridized carbons (Fsp3) is 0.600. The maximum absolute atomic E-state index is 8.54. The Morgan fingerprint density at radius 2 is 2.47 bits per heavy atom. The highest BCUT2D eigenvalue weighted by Gasteiger charge is 1.98. The molecule has 0 aliphatic carbocycles. The number of aromatic nitrogens is 3. The van der Waals surface area contributed by atoms with Crippen molar-refractivity contribution in [1.29, 1.82) is 5.26 Å². The Balaban J connectivity index is 2.28. The topological polar surface area (TPSA) is 105 Å². The SMILES string of the molecule is CC(C)CN=C(N)NCCn1cnc(C#N)n1. The van der Waals surface area contributed by atoms with Gasteiger partial charge in [0.05, 0.1) is 6.54 Å². The second-order valence-corrected chi connectivity index (χ2v) is 3.99. The lowest BCUT2D eigenvalue weighted by atomic mass is 10.2. The first-order chi connectivity index (χ1) is 8.11. The van der Waals surface area contributed by atoms with Gasteiger partial charge < -0.3 is 11.1 Å². The van der Waals surface area contributed by atoms with Gasteiger partial charge in [-0.25, -0.2) is 9.67 Å². The lowest BCUT2D eigenvalue weighted by Gasteiger charge is -2.06. The van der Waals surface area contributed by atoms with E-state index in [2.05, 4.69) is 34.2 Å². The van der Waals surface area contributed by atoms with Gasteiger partial charge in [0.2, 0.25) is 0 Å². The zero-order chi connectivity index (χ0) is 12.7. The summed E-state index contributed by atoms with van der Waals surface area (Å²) in [5.41, 5.74) is 5.66. The third-order valence-corrected chi connectivity index (χ3v) is 1.91. The molecule has 0 atom stereocenters. The molecule has 0 unspecified atom stereocenters. The average molecular weight is 235 g/mol. The smallest absolute Gasteiger partial charge is 0.252 e. The van der Waals surface area contributed by atoms with Crippen LogP contribution in [0.2, 0.25) is 0 Å². The fourth-order valence-electron chi connectivity index (χ4n) is 1.09. The molecule has 0 aliphatic rings. The second-order valence-electron chi connectivity index (χ2n) is 3.99. The van der Waals surface area contributed by atoms with Crippen molar-refractivity contribution in [2.75, 3.05) is 13.1 Å². The van der Waals surface area contributed by atoms with Gasteiger partial charge in [0.15, 0.2) is 5.96 Å². The van der Waals surface area contributed by atoms with Crippen LogP contribution in [-0.4, -0.2) is 33.8 Å². The molecule has 0 aliphatic heterocycles. The van der Waals surface area contributed by atoms with E-state index in [0.29, 0.717) is 31.5 Å². The minimum Gasteiger partial charge on any atom is -0.370 e. The number of aliphatic imine (C=N–C) groups is 1. The van der Waals surface area contributed by atoms with Crippen LogP contribution >= 0.6 is 0 Å². The Kier molecular flexibility index (Phi) is 4.94. The van der Waals surface area contributed by atoms with Gasteiger partial charge in [0.1, 0.15) is 12.4 Å². The molecule has 92 valence electrons. The zero-order valence-corrected chi connectivity index (χ0v) is 10.1. The molecule has 17 heavy (non-hydrogen) atoms. The number of rotatable bonds is 5. The molecule has 0 spiro atoms. The molecule has 0 aromatic carbocycles. The van der Waals surface area contributed by atoms with Crippen LogP contribution in [0.3, 0.4) is 0 Å². The van der Waals surface area contributed by atoms with Crippen LogP contribution in [0.4, 0.5) is 0 Å². The van der Waals surface area contributed by atoms with E-state index >= 15 is 0 Å². The van der Waals surface area contributed by atoms with Crippen LogP contribution < -0.4 is 11.1 Å². The van der Waals surface area contributed by atoms with Crippen molar-refractivity contribution in [1.82, 2.24) is 20.1 Å². The van der Waals surface area contributed by atoms with Crippen LogP contribution in [0.5, 0.6) is 0 Å². The van der Waals surface area contributed by atoms with Crippen molar-refractivity contribution in [3.63, 3.8) is 0 Å². The van der Waals surface area contributed by atoms with E-state index in [4.69, 9.17) is 11.0 Å². The third kappa shape index (κ3) is 4.97. The highest BCUT2D eigenvalue weighted by molar-refractivity contribution is 5.77. The van der Waals surface area contributed by atoms with Gasteiger partial charge in [-0.1, -0.05) is 13.8 Å². The first-order valence-electron chi connectivity index (χ1n) is 5.45. The zero-order valence-electron chi connectivity index (χ0n) is 10.1. The van der Waals surface area contributed by atoms with Gasteiger partial charge >= 0.3 is 0 Å². The van der Waals surface area contributed by atoms with E-state index in [1.807, 2.05) is 6.07 Å². The summed E-state index contributed by atoms with van der Waals surface area (Å²) in [6.07, 6.45) is 1.52. The summed E-state index contributed by atoms with van der Waals surface area (Å²) in [5, 5.41) is 15.4. The fourth-order valence-corrected chi connectivity index (χ4v) is 1.09. The Morgan fingerprint density at radius 3 is 3.06 bits per heavy atom. The molecule has 0 saturated carbocycles. The number of hydrogen-bond acceptors (Lipinski definition) is 4. The first-order valence-corrected chi connectivity index (χ1v) is 5.45. The molecule has 0 fully saturated rings. The number of nitrogens with two attached hydrogens (primary N) is 1. The lowest BCUT2D eigenvalue weighted by Crippen LogP contribution is -2.34. The van der Waals surface area contributed by atoms with Gasteiger partial charge in [-0.05, 0) is 5.92 Å². The summed E-state index contributed by atoms with van der Waals surface area (Å²) in [4.78, 5) is 7.96. The molecule has 1 aromatic heterocycles. The van der Waals surface area contributed by atoms with Gasteiger partial charge in [0, 0.05) is 13.1 Å². The molecule has 0 saturated heterocycles. The molecule has 1 rings (SSSR count). The number of guanidine groups is 1. The van der Waals surface area contributed by atoms with Crippen molar-refractivity contribution in [3.8, 4) is 6.07 Å². The minimum absolute atomic E-state index is 0.173. The Hall–Kier alpha value is -2.10. The maximum Gasteiger partial charge on any atom is 0.252 e. The summed E-state index contributed by atoms with van der Waals surface area (Å²) in [7, 11) is 0.